The highest BCUT2D eigenvalue weighted by molar-refractivity contribution is 7.89. The van der Waals surface area contributed by atoms with Gasteiger partial charge in [-0.2, -0.15) is 4.31 Å². The molecule has 3 aromatic rings. The number of ether oxygens (including phenoxy) is 1. The number of benzene rings is 3. The molecule has 0 radical (unpaired) electrons. The predicted molar refractivity (Wildman–Crippen MR) is 181 cm³/mol. The van der Waals surface area contributed by atoms with Crippen molar-refractivity contribution in [1.82, 2.24) is 20.1 Å². The molecule has 0 saturated carbocycles. The number of nitrogens with one attached hydrogen (secondary N) is 2. The van der Waals surface area contributed by atoms with Crippen molar-refractivity contribution in [2.24, 2.45) is 11.8 Å². The molecular formula is C35H50N4O6S. The summed E-state index contributed by atoms with van der Waals surface area (Å²) < 4.78 is 34.5. The van der Waals surface area contributed by atoms with E-state index in [9.17, 15) is 23.1 Å². The third-order valence-electron chi connectivity index (χ3n) is 7.88. The van der Waals surface area contributed by atoms with Crippen molar-refractivity contribution in [2.75, 3.05) is 39.9 Å². The van der Waals surface area contributed by atoms with E-state index < -0.39 is 28.1 Å². The van der Waals surface area contributed by atoms with Gasteiger partial charge in [0.1, 0.15) is 0 Å². The topological polar surface area (TPSA) is 128 Å². The molecule has 3 N–H and O–H groups in total. The molecule has 0 saturated heterocycles. The molecule has 252 valence electrons. The minimum absolute atomic E-state index is 0.0342. The SMILES string of the molecule is CC[C@H](C)CC(=O)N(NC(=O)CNCCOC)[C@@H](Cc1ccccc1)[C@H](O)CN(CC(C)C)S(=O)(=O)c1ccc2ccccc2c1. The second-order valence-electron chi connectivity index (χ2n) is 12.2. The lowest BCUT2D eigenvalue weighted by molar-refractivity contribution is -0.148. The first-order valence-electron chi connectivity index (χ1n) is 16.0. The molecule has 3 atom stereocenters. The first-order valence-corrected chi connectivity index (χ1v) is 17.4. The van der Waals surface area contributed by atoms with Crippen LogP contribution in [0, 0.1) is 11.8 Å². The van der Waals surface area contributed by atoms with Gasteiger partial charge in [-0.25, -0.2) is 13.4 Å². The molecule has 0 heterocycles. The number of amides is 2. The van der Waals surface area contributed by atoms with E-state index in [4.69, 9.17) is 4.74 Å². The zero-order chi connectivity index (χ0) is 33.7. The summed E-state index contributed by atoms with van der Waals surface area (Å²) in [6.45, 7) is 8.42. The van der Waals surface area contributed by atoms with Crippen LogP contribution in [0.5, 0.6) is 0 Å². The standard InChI is InChI=1S/C35H50N4O6S/c1-6-27(4)20-35(42)39(37-34(41)23-36-18-19-45-5)32(21-28-12-8-7-9-13-28)33(40)25-38(24-26(2)3)46(43,44)31-17-16-29-14-10-11-15-30(29)22-31/h7-17,22,26-27,32-33,36,40H,6,18-21,23-25H2,1-5H3,(H,37,41)/t27-,32-,33+/m0/s1. The van der Waals surface area contributed by atoms with Crippen LogP contribution in [0.3, 0.4) is 0 Å². The Hall–Kier alpha value is -3.35. The number of carbonyl (C=O) groups is 2. The number of sulfonamides is 1. The van der Waals surface area contributed by atoms with Crippen molar-refractivity contribution in [3.8, 4) is 0 Å². The maximum absolute atomic E-state index is 14.1. The van der Waals surface area contributed by atoms with Gasteiger partial charge in [-0.05, 0) is 46.7 Å². The number of hydrogen-bond donors (Lipinski definition) is 3. The highest BCUT2D eigenvalue weighted by atomic mass is 32.2. The van der Waals surface area contributed by atoms with Gasteiger partial charge in [-0.1, -0.05) is 94.8 Å². The Morgan fingerprint density at radius 1 is 0.935 bits per heavy atom. The maximum atomic E-state index is 14.1. The van der Waals surface area contributed by atoms with E-state index in [2.05, 4.69) is 10.7 Å². The van der Waals surface area contributed by atoms with Gasteiger partial charge in [0.05, 0.1) is 30.2 Å². The van der Waals surface area contributed by atoms with Crippen LogP contribution >= 0.6 is 0 Å². The van der Waals surface area contributed by atoms with E-state index in [1.54, 1.807) is 25.3 Å². The van der Waals surface area contributed by atoms with Crippen LogP contribution in [0.15, 0.2) is 77.7 Å². The molecule has 0 fully saturated rings. The lowest BCUT2D eigenvalue weighted by Crippen LogP contribution is -2.60. The molecule has 0 bridgehead atoms. The first kappa shape index (κ1) is 37.1. The number of fused-ring (bicyclic) bond motifs is 1. The number of nitrogens with zero attached hydrogens (tertiary/aromatic N) is 2. The van der Waals surface area contributed by atoms with Crippen molar-refractivity contribution in [1.29, 1.82) is 0 Å². The van der Waals surface area contributed by atoms with E-state index >= 15 is 0 Å². The Morgan fingerprint density at radius 2 is 1.61 bits per heavy atom. The fourth-order valence-electron chi connectivity index (χ4n) is 5.16. The Kier molecular flexibility index (Phi) is 14.6. The van der Waals surface area contributed by atoms with Gasteiger partial charge in [0.25, 0.3) is 5.91 Å². The normalized spacial score (nSPS) is 13.9. The summed E-state index contributed by atoms with van der Waals surface area (Å²) in [6.07, 6.45) is -0.241. The summed E-state index contributed by atoms with van der Waals surface area (Å²) in [7, 11) is -2.47. The second-order valence-corrected chi connectivity index (χ2v) is 14.2. The van der Waals surface area contributed by atoms with Gasteiger partial charge in [-0.3, -0.25) is 15.0 Å². The van der Waals surface area contributed by atoms with Crippen LogP contribution in [-0.4, -0.2) is 86.7 Å². The van der Waals surface area contributed by atoms with Crippen molar-refractivity contribution in [3.05, 3.63) is 78.4 Å². The van der Waals surface area contributed by atoms with Crippen LogP contribution in [0.1, 0.15) is 46.1 Å². The van der Waals surface area contributed by atoms with Crippen molar-refractivity contribution >= 4 is 32.6 Å². The summed E-state index contributed by atoms with van der Waals surface area (Å²) in [4.78, 5) is 27.0. The molecule has 11 heteroatoms. The predicted octanol–water partition coefficient (Wildman–Crippen LogP) is 3.99. The highest BCUT2D eigenvalue weighted by Crippen LogP contribution is 2.24. The number of carbonyl (C=O) groups excluding carboxylic acids is 2. The zero-order valence-corrected chi connectivity index (χ0v) is 28.5. The molecular weight excluding hydrogens is 604 g/mol. The van der Waals surface area contributed by atoms with Crippen molar-refractivity contribution in [3.63, 3.8) is 0 Å². The number of aliphatic hydroxyl groups is 1. The van der Waals surface area contributed by atoms with E-state index in [0.29, 0.717) is 13.2 Å². The van der Waals surface area contributed by atoms with Crippen LogP contribution in [0.25, 0.3) is 10.8 Å². The van der Waals surface area contributed by atoms with Crippen LogP contribution < -0.4 is 10.7 Å². The summed E-state index contributed by atoms with van der Waals surface area (Å²) in [5, 5.41) is 17.8. The van der Waals surface area contributed by atoms with Gasteiger partial charge < -0.3 is 15.2 Å². The molecule has 0 unspecified atom stereocenters. The minimum atomic E-state index is -4.04. The van der Waals surface area contributed by atoms with Crippen LogP contribution in [0.2, 0.25) is 0 Å². The van der Waals surface area contributed by atoms with E-state index in [1.165, 1.54) is 9.31 Å². The zero-order valence-electron chi connectivity index (χ0n) is 27.7. The average Bonchev–Trinajstić information content (AvgIpc) is 3.04. The number of methoxy groups -OCH3 is 1. The Balaban J connectivity index is 2.00. The summed E-state index contributed by atoms with van der Waals surface area (Å²) in [5.41, 5.74) is 3.57. The third kappa shape index (κ3) is 10.9. The van der Waals surface area contributed by atoms with E-state index in [-0.39, 0.29) is 55.1 Å². The quantitative estimate of drug-likeness (QED) is 0.140. The molecule has 0 aliphatic carbocycles. The van der Waals surface area contributed by atoms with Gasteiger partial charge in [0.2, 0.25) is 15.9 Å². The molecule has 2 amide bonds. The number of rotatable bonds is 18. The Labute approximate surface area is 274 Å². The van der Waals surface area contributed by atoms with Crippen LogP contribution in [-0.2, 0) is 30.8 Å². The summed E-state index contributed by atoms with van der Waals surface area (Å²) in [6, 6.07) is 20.9. The van der Waals surface area contributed by atoms with E-state index in [0.717, 1.165) is 22.8 Å². The molecule has 0 aliphatic rings. The lowest BCUT2D eigenvalue weighted by atomic mass is 9.98. The third-order valence-corrected chi connectivity index (χ3v) is 9.71. The monoisotopic (exact) mass is 654 g/mol. The summed E-state index contributed by atoms with van der Waals surface area (Å²) >= 11 is 0. The Morgan fingerprint density at radius 3 is 2.26 bits per heavy atom. The highest BCUT2D eigenvalue weighted by Gasteiger charge is 2.36. The van der Waals surface area contributed by atoms with Crippen LogP contribution in [0.4, 0.5) is 0 Å². The second kappa shape index (κ2) is 18.1. The molecule has 0 aromatic heterocycles. The molecule has 0 spiro atoms. The van der Waals surface area contributed by atoms with Gasteiger partial charge >= 0.3 is 0 Å². The van der Waals surface area contributed by atoms with Gasteiger partial charge in [0, 0.05) is 33.2 Å². The number of hydrogen-bond acceptors (Lipinski definition) is 7. The molecule has 10 nitrogen and oxygen atoms in total. The fourth-order valence-corrected chi connectivity index (χ4v) is 6.82. The van der Waals surface area contributed by atoms with Crippen molar-refractivity contribution < 1.29 is 27.9 Å². The summed E-state index contributed by atoms with van der Waals surface area (Å²) in [5.74, 6) is -0.822. The van der Waals surface area contributed by atoms with Crippen molar-refractivity contribution in [2.45, 2.75) is 64.0 Å². The molecule has 0 aliphatic heterocycles. The Bertz CT molecular complexity index is 1500. The maximum Gasteiger partial charge on any atom is 0.252 e. The fraction of sp³-hybridized carbons (Fsp3) is 0.486. The average molecular weight is 655 g/mol. The minimum Gasteiger partial charge on any atom is -0.390 e. The van der Waals surface area contributed by atoms with Gasteiger partial charge in [0.15, 0.2) is 0 Å². The largest absolute Gasteiger partial charge is 0.390 e. The lowest BCUT2D eigenvalue weighted by Gasteiger charge is -2.37. The van der Waals surface area contributed by atoms with Gasteiger partial charge in [-0.15, -0.1) is 0 Å². The molecule has 3 rings (SSSR count). The number of hydrazine groups is 1. The smallest absolute Gasteiger partial charge is 0.252 e. The molecule has 46 heavy (non-hydrogen) atoms. The molecule has 3 aromatic carbocycles. The number of aliphatic hydroxyl groups excluding tert-OH is 1. The van der Waals surface area contributed by atoms with E-state index in [1.807, 2.05) is 82.3 Å². The first-order chi connectivity index (χ1) is 22.0.